The van der Waals surface area contributed by atoms with Gasteiger partial charge in [0.15, 0.2) is 0 Å². The van der Waals surface area contributed by atoms with Crippen molar-refractivity contribution in [2.75, 3.05) is 18.4 Å². The highest BCUT2D eigenvalue weighted by atomic mass is 35.5. The van der Waals surface area contributed by atoms with Crippen molar-refractivity contribution in [2.24, 2.45) is 11.5 Å². The molecule has 0 spiro atoms. The maximum absolute atomic E-state index is 12.9. The van der Waals surface area contributed by atoms with Gasteiger partial charge in [-0.2, -0.15) is 0 Å². The molecular weight excluding hydrogens is 252 g/mol. The zero-order valence-electron chi connectivity index (χ0n) is 8.84. The summed E-state index contributed by atoms with van der Waals surface area (Å²) in [4.78, 5) is 11.1. The molecule has 5 N–H and O–H groups in total. The first-order chi connectivity index (χ1) is 7.85. The second-order valence-corrected chi connectivity index (χ2v) is 3.90. The number of rotatable bonds is 5. The molecule has 0 bridgehead atoms. The van der Waals surface area contributed by atoms with Crippen molar-refractivity contribution in [2.45, 2.75) is 5.92 Å². The maximum atomic E-state index is 12.9. The first-order valence-corrected chi connectivity index (χ1v) is 5.14. The van der Waals surface area contributed by atoms with Crippen molar-refractivity contribution in [1.29, 1.82) is 0 Å². The monoisotopic (exact) mass is 263 g/mol. The number of nitrogens with two attached hydrogens (primary N) is 2. The normalized spacial score (nSPS) is 11.3. The van der Waals surface area contributed by atoms with E-state index in [9.17, 15) is 13.6 Å². The smallest absolute Gasteiger partial charge is 0.276 e. The van der Waals surface area contributed by atoms with E-state index in [1.807, 2.05) is 0 Å². The minimum atomic E-state index is -3.06. The fraction of sp³-hybridized carbons (Fsp3) is 0.300. The third-order valence-corrected chi connectivity index (χ3v) is 2.32. The molecule has 0 aliphatic carbocycles. The van der Waals surface area contributed by atoms with Crippen LogP contribution in [-0.4, -0.2) is 24.9 Å². The van der Waals surface area contributed by atoms with E-state index in [-0.39, 0.29) is 11.3 Å². The summed E-state index contributed by atoms with van der Waals surface area (Å²) in [6, 6.07) is 4.18. The number of hydrogen-bond acceptors (Lipinski definition) is 3. The van der Waals surface area contributed by atoms with Gasteiger partial charge in [0.1, 0.15) is 0 Å². The summed E-state index contributed by atoms with van der Waals surface area (Å²) in [7, 11) is 0. The third-order valence-electron chi connectivity index (χ3n) is 2.08. The van der Waals surface area contributed by atoms with Gasteiger partial charge in [-0.15, -0.1) is 0 Å². The molecule has 0 saturated heterocycles. The van der Waals surface area contributed by atoms with Crippen molar-refractivity contribution < 1.29 is 13.6 Å². The molecule has 0 aromatic heterocycles. The number of nitrogens with one attached hydrogen (secondary N) is 1. The molecule has 1 rings (SSSR count). The molecule has 0 fully saturated rings. The molecule has 94 valence electrons. The number of hydrogen-bond donors (Lipinski definition) is 3. The van der Waals surface area contributed by atoms with Crippen molar-refractivity contribution >= 4 is 23.2 Å². The molecule has 0 aliphatic heterocycles. The van der Waals surface area contributed by atoms with Gasteiger partial charge in [0.2, 0.25) is 0 Å². The molecule has 7 heteroatoms. The average Bonchev–Trinajstić information content (AvgIpc) is 2.26. The highest BCUT2D eigenvalue weighted by Gasteiger charge is 2.26. The van der Waals surface area contributed by atoms with Crippen LogP contribution in [0.3, 0.4) is 0 Å². The van der Waals surface area contributed by atoms with Crippen LogP contribution < -0.4 is 16.8 Å². The Hall–Kier alpha value is -1.40. The number of benzene rings is 1. The van der Waals surface area contributed by atoms with Gasteiger partial charge in [-0.25, -0.2) is 8.78 Å². The van der Waals surface area contributed by atoms with Crippen LogP contribution in [0.5, 0.6) is 0 Å². The van der Waals surface area contributed by atoms with E-state index in [0.29, 0.717) is 5.02 Å². The Morgan fingerprint density at radius 2 is 2.12 bits per heavy atom. The van der Waals surface area contributed by atoms with E-state index in [1.54, 1.807) is 0 Å². The first-order valence-electron chi connectivity index (χ1n) is 4.77. The predicted octanol–water partition coefficient (Wildman–Crippen LogP) is 1.44. The molecule has 1 amide bonds. The van der Waals surface area contributed by atoms with Gasteiger partial charge < -0.3 is 16.8 Å². The number of anilines is 1. The topological polar surface area (TPSA) is 81.1 Å². The molecule has 1 aromatic carbocycles. The molecule has 4 nitrogen and oxygen atoms in total. The minimum Gasteiger partial charge on any atom is -0.378 e. The zero-order chi connectivity index (χ0) is 13.1. The van der Waals surface area contributed by atoms with Crippen LogP contribution in [0.4, 0.5) is 14.5 Å². The summed E-state index contributed by atoms with van der Waals surface area (Å²) in [6.45, 7) is -1.48. The van der Waals surface area contributed by atoms with Crippen LogP contribution in [0.25, 0.3) is 0 Å². The molecule has 0 heterocycles. The lowest BCUT2D eigenvalue weighted by molar-refractivity contribution is 0.0253. The maximum Gasteiger partial charge on any atom is 0.276 e. The SMILES string of the molecule is NCC(F)(F)CNc1cc(Cl)ccc1C(N)=O. The van der Waals surface area contributed by atoms with Crippen LogP contribution in [0.1, 0.15) is 10.4 Å². The highest BCUT2D eigenvalue weighted by molar-refractivity contribution is 6.31. The van der Waals surface area contributed by atoms with Gasteiger partial charge in [0.25, 0.3) is 11.8 Å². The van der Waals surface area contributed by atoms with Gasteiger partial charge in [-0.05, 0) is 18.2 Å². The van der Waals surface area contributed by atoms with Gasteiger partial charge in [-0.3, -0.25) is 4.79 Å². The number of primary amides is 1. The lowest BCUT2D eigenvalue weighted by Crippen LogP contribution is -2.35. The largest absolute Gasteiger partial charge is 0.378 e. The van der Waals surface area contributed by atoms with E-state index in [2.05, 4.69) is 5.32 Å². The second kappa shape index (κ2) is 5.29. The Morgan fingerprint density at radius 1 is 1.47 bits per heavy atom. The zero-order valence-corrected chi connectivity index (χ0v) is 9.60. The summed E-state index contributed by atoms with van der Waals surface area (Å²) >= 11 is 5.70. The van der Waals surface area contributed by atoms with Gasteiger partial charge in [-0.1, -0.05) is 11.6 Å². The molecular formula is C10H12ClF2N3O. The molecule has 0 aliphatic rings. The molecule has 17 heavy (non-hydrogen) atoms. The first kappa shape index (κ1) is 13.7. The van der Waals surface area contributed by atoms with Gasteiger partial charge in [0.05, 0.1) is 18.7 Å². The molecule has 0 saturated carbocycles. The van der Waals surface area contributed by atoms with E-state index in [1.165, 1.54) is 18.2 Å². The third kappa shape index (κ3) is 3.83. The molecule has 0 atom stereocenters. The van der Waals surface area contributed by atoms with Crippen LogP contribution >= 0.6 is 11.6 Å². The van der Waals surface area contributed by atoms with E-state index in [4.69, 9.17) is 23.1 Å². The number of carbonyl (C=O) groups is 1. The minimum absolute atomic E-state index is 0.0993. The van der Waals surface area contributed by atoms with Crippen LogP contribution in [0, 0.1) is 0 Å². The number of carbonyl (C=O) groups excluding carboxylic acids is 1. The summed E-state index contributed by atoms with van der Waals surface area (Å²) in [5, 5.41) is 2.72. The quantitative estimate of drug-likeness (QED) is 0.752. The van der Waals surface area contributed by atoms with Crippen LogP contribution in [-0.2, 0) is 0 Å². The number of amides is 1. The fourth-order valence-electron chi connectivity index (χ4n) is 1.17. The van der Waals surface area contributed by atoms with Gasteiger partial charge in [0, 0.05) is 10.7 Å². The fourth-order valence-corrected chi connectivity index (χ4v) is 1.35. The van der Waals surface area contributed by atoms with Crippen molar-refractivity contribution in [1.82, 2.24) is 0 Å². The second-order valence-electron chi connectivity index (χ2n) is 3.47. The summed E-state index contributed by atoms with van der Waals surface area (Å²) in [5.74, 6) is -3.78. The highest BCUT2D eigenvalue weighted by Crippen LogP contribution is 2.22. The average molecular weight is 264 g/mol. The lowest BCUT2D eigenvalue weighted by Gasteiger charge is -2.17. The Balaban J connectivity index is 2.89. The van der Waals surface area contributed by atoms with Crippen molar-refractivity contribution in [3.63, 3.8) is 0 Å². The van der Waals surface area contributed by atoms with Crippen molar-refractivity contribution in [3.8, 4) is 0 Å². The van der Waals surface area contributed by atoms with E-state index < -0.39 is 24.9 Å². The number of halogens is 3. The van der Waals surface area contributed by atoms with Crippen LogP contribution in [0.2, 0.25) is 5.02 Å². The number of alkyl halides is 2. The Bertz CT molecular complexity index is 426. The Labute approximate surface area is 102 Å². The Kier molecular flexibility index (Phi) is 4.25. The van der Waals surface area contributed by atoms with Crippen molar-refractivity contribution in [3.05, 3.63) is 28.8 Å². The van der Waals surface area contributed by atoms with E-state index >= 15 is 0 Å². The Morgan fingerprint density at radius 3 is 2.65 bits per heavy atom. The molecule has 0 unspecified atom stereocenters. The van der Waals surface area contributed by atoms with Gasteiger partial charge >= 0.3 is 0 Å². The summed E-state index contributed by atoms with van der Waals surface area (Å²) < 4.78 is 25.9. The standard InChI is InChI=1S/C10H12ClF2N3O/c11-6-1-2-7(9(15)17)8(3-6)16-5-10(12,13)4-14/h1-3,16H,4-5,14H2,(H2,15,17). The van der Waals surface area contributed by atoms with E-state index in [0.717, 1.165) is 0 Å². The lowest BCUT2D eigenvalue weighted by atomic mass is 10.1. The molecule has 0 radical (unpaired) electrons. The predicted molar refractivity (Wildman–Crippen MR) is 62.5 cm³/mol. The molecule has 1 aromatic rings. The van der Waals surface area contributed by atoms with Crippen LogP contribution in [0.15, 0.2) is 18.2 Å². The summed E-state index contributed by atoms with van der Waals surface area (Å²) in [5.41, 5.74) is 10.3. The summed E-state index contributed by atoms with van der Waals surface area (Å²) in [6.07, 6.45) is 0.